The molecule has 88 valence electrons. The predicted molar refractivity (Wildman–Crippen MR) is 75.5 cm³/mol. The van der Waals surface area contributed by atoms with Crippen molar-refractivity contribution in [1.82, 2.24) is 5.32 Å². The van der Waals surface area contributed by atoms with Crippen LogP contribution in [0.5, 0.6) is 0 Å². The molecule has 0 aliphatic rings. The molecule has 1 atom stereocenters. The first-order valence-corrected chi connectivity index (χ1v) is 6.45. The summed E-state index contributed by atoms with van der Waals surface area (Å²) in [5, 5.41) is 3.01. The van der Waals surface area contributed by atoms with Gasteiger partial charge in [-0.15, -0.1) is 0 Å². The number of hydrogen-bond donors (Lipinski definition) is 1. The van der Waals surface area contributed by atoms with Gasteiger partial charge in [-0.25, -0.2) is 0 Å². The van der Waals surface area contributed by atoms with Crippen molar-refractivity contribution in [3.8, 4) is 0 Å². The molecule has 1 aromatic rings. The molecule has 0 spiro atoms. The monoisotopic (exact) mass is 331 g/mol. The molecule has 0 fully saturated rings. The fraction of sp³-hybridized carbons (Fsp3) is 0.462. The molecule has 2 nitrogen and oxygen atoms in total. The fourth-order valence-electron chi connectivity index (χ4n) is 1.10. The van der Waals surface area contributed by atoms with Gasteiger partial charge in [-0.1, -0.05) is 20.8 Å². The second-order valence-electron chi connectivity index (χ2n) is 5.07. The second kappa shape index (κ2) is 5.17. The number of carbonyl (C=O) groups is 1. The van der Waals surface area contributed by atoms with Crippen LogP contribution in [0.15, 0.2) is 24.3 Å². The summed E-state index contributed by atoms with van der Waals surface area (Å²) in [5.74, 6) is -0.00109. The van der Waals surface area contributed by atoms with Gasteiger partial charge in [0, 0.05) is 15.2 Å². The van der Waals surface area contributed by atoms with E-state index in [0.717, 1.165) is 9.13 Å². The number of halogens is 1. The SMILES string of the molecule is CC(NC(=O)c1ccc(I)cc1)C(C)(C)C. The summed E-state index contributed by atoms with van der Waals surface area (Å²) in [6.45, 7) is 8.38. The highest BCUT2D eigenvalue weighted by Gasteiger charge is 2.21. The Labute approximate surface area is 111 Å². The number of rotatable bonds is 2. The van der Waals surface area contributed by atoms with E-state index in [9.17, 15) is 4.79 Å². The van der Waals surface area contributed by atoms with Gasteiger partial charge in [-0.05, 0) is 59.2 Å². The number of hydrogen-bond acceptors (Lipinski definition) is 1. The Morgan fingerprint density at radius 2 is 1.75 bits per heavy atom. The molecule has 0 radical (unpaired) electrons. The molecule has 0 heterocycles. The summed E-state index contributed by atoms with van der Waals surface area (Å²) < 4.78 is 1.14. The Morgan fingerprint density at radius 3 is 2.19 bits per heavy atom. The normalized spacial score (nSPS) is 13.3. The van der Waals surface area contributed by atoms with Crippen molar-refractivity contribution in [3.05, 3.63) is 33.4 Å². The van der Waals surface area contributed by atoms with E-state index < -0.39 is 0 Å². The van der Waals surface area contributed by atoms with Crippen LogP contribution in [-0.2, 0) is 0 Å². The van der Waals surface area contributed by atoms with Crippen LogP contribution in [0.3, 0.4) is 0 Å². The van der Waals surface area contributed by atoms with Crippen molar-refractivity contribution in [2.24, 2.45) is 5.41 Å². The van der Waals surface area contributed by atoms with Gasteiger partial charge in [0.05, 0.1) is 0 Å². The van der Waals surface area contributed by atoms with E-state index in [1.165, 1.54) is 0 Å². The zero-order chi connectivity index (χ0) is 12.3. The maximum Gasteiger partial charge on any atom is 0.251 e. The second-order valence-corrected chi connectivity index (χ2v) is 6.31. The van der Waals surface area contributed by atoms with Crippen LogP contribution in [0.4, 0.5) is 0 Å². The van der Waals surface area contributed by atoms with Crippen LogP contribution in [0.1, 0.15) is 38.1 Å². The van der Waals surface area contributed by atoms with E-state index in [-0.39, 0.29) is 17.4 Å². The van der Waals surface area contributed by atoms with Crippen molar-refractivity contribution in [2.75, 3.05) is 0 Å². The number of carbonyl (C=O) groups excluding carboxylic acids is 1. The molecule has 1 N–H and O–H groups in total. The van der Waals surface area contributed by atoms with Crippen LogP contribution in [-0.4, -0.2) is 11.9 Å². The van der Waals surface area contributed by atoms with Gasteiger partial charge >= 0.3 is 0 Å². The van der Waals surface area contributed by atoms with Crippen LogP contribution >= 0.6 is 22.6 Å². The van der Waals surface area contributed by atoms with Gasteiger partial charge in [-0.2, -0.15) is 0 Å². The number of nitrogens with one attached hydrogen (secondary N) is 1. The average Bonchev–Trinajstić information content (AvgIpc) is 2.17. The Hall–Kier alpha value is -0.580. The van der Waals surface area contributed by atoms with E-state index in [2.05, 4.69) is 48.7 Å². The number of benzene rings is 1. The minimum atomic E-state index is -0.00109. The smallest absolute Gasteiger partial charge is 0.251 e. The van der Waals surface area contributed by atoms with Gasteiger partial charge in [-0.3, -0.25) is 4.79 Å². The minimum Gasteiger partial charge on any atom is -0.349 e. The molecule has 0 aliphatic heterocycles. The van der Waals surface area contributed by atoms with Crippen LogP contribution in [0.2, 0.25) is 0 Å². The lowest BCUT2D eigenvalue weighted by atomic mass is 9.88. The average molecular weight is 331 g/mol. The summed E-state index contributed by atoms with van der Waals surface area (Å²) >= 11 is 2.23. The molecule has 16 heavy (non-hydrogen) atoms. The zero-order valence-electron chi connectivity index (χ0n) is 10.2. The molecule has 1 rings (SSSR count). The lowest BCUT2D eigenvalue weighted by Gasteiger charge is -2.28. The van der Waals surface area contributed by atoms with Crippen LogP contribution < -0.4 is 5.32 Å². The third-order valence-corrected chi connectivity index (χ3v) is 3.47. The summed E-state index contributed by atoms with van der Waals surface area (Å²) in [6, 6.07) is 7.74. The molecule has 0 saturated carbocycles. The van der Waals surface area contributed by atoms with Crippen LogP contribution in [0, 0.1) is 8.99 Å². The van der Waals surface area contributed by atoms with E-state index in [4.69, 9.17) is 0 Å². The van der Waals surface area contributed by atoms with Crippen molar-refractivity contribution in [1.29, 1.82) is 0 Å². The van der Waals surface area contributed by atoms with E-state index in [1.54, 1.807) is 0 Å². The van der Waals surface area contributed by atoms with Crippen molar-refractivity contribution < 1.29 is 4.79 Å². The van der Waals surface area contributed by atoms with Gasteiger partial charge in [0.15, 0.2) is 0 Å². The van der Waals surface area contributed by atoms with Gasteiger partial charge < -0.3 is 5.32 Å². The maximum atomic E-state index is 11.9. The summed E-state index contributed by atoms with van der Waals surface area (Å²) in [6.07, 6.45) is 0. The lowest BCUT2D eigenvalue weighted by molar-refractivity contribution is 0.0910. The van der Waals surface area contributed by atoms with Crippen LogP contribution in [0.25, 0.3) is 0 Å². The maximum absolute atomic E-state index is 11.9. The Kier molecular flexibility index (Phi) is 4.35. The molecule has 1 amide bonds. The highest BCUT2D eigenvalue weighted by molar-refractivity contribution is 14.1. The van der Waals surface area contributed by atoms with E-state index in [1.807, 2.05) is 31.2 Å². The van der Waals surface area contributed by atoms with Gasteiger partial charge in [0.1, 0.15) is 0 Å². The first-order valence-electron chi connectivity index (χ1n) is 5.37. The summed E-state index contributed by atoms with van der Waals surface area (Å²) in [4.78, 5) is 11.9. The minimum absolute atomic E-state index is 0.00109. The van der Waals surface area contributed by atoms with Gasteiger partial charge in [0.25, 0.3) is 5.91 Å². The molecule has 1 unspecified atom stereocenters. The molecule has 0 saturated heterocycles. The molecule has 0 bridgehead atoms. The summed E-state index contributed by atoms with van der Waals surface area (Å²) in [5.41, 5.74) is 0.801. The molecule has 3 heteroatoms. The predicted octanol–water partition coefficient (Wildman–Crippen LogP) is 3.46. The standard InChI is InChI=1S/C13H18INO/c1-9(13(2,3)4)15-12(16)10-5-7-11(14)8-6-10/h5-9H,1-4H3,(H,15,16). The largest absolute Gasteiger partial charge is 0.349 e. The molecular weight excluding hydrogens is 313 g/mol. The Bertz CT molecular complexity index is 365. The highest BCUT2D eigenvalue weighted by Crippen LogP contribution is 2.19. The molecular formula is C13H18INO. The third kappa shape index (κ3) is 3.77. The molecule has 1 aromatic carbocycles. The van der Waals surface area contributed by atoms with Crippen molar-refractivity contribution >= 4 is 28.5 Å². The quantitative estimate of drug-likeness (QED) is 0.827. The third-order valence-electron chi connectivity index (χ3n) is 2.75. The first kappa shape index (κ1) is 13.5. The number of amides is 1. The lowest BCUT2D eigenvalue weighted by Crippen LogP contribution is -2.41. The summed E-state index contributed by atoms with van der Waals surface area (Å²) in [7, 11) is 0. The zero-order valence-corrected chi connectivity index (χ0v) is 12.3. The van der Waals surface area contributed by atoms with Crippen molar-refractivity contribution in [3.63, 3.8) is 0 Å². The Morgan fingerprint density at radius 1 is 1.25 bits per heavy atom. The molecule has 0 aromatic heterocycles. The highest BCUT2D eigenvalue weighted by atomic mass is 127. The van der Waals surface area contributed by atoms with E-state index in [0.29, 0.717) is 0 Å². The van der Waals surface area contributed by atoms with Gasteiger partial charge in [0.2, 0.25) is 0 Å². The molecule has 0 aliphatic carbocycles. The first-order chi connectivity index (χ1) is 7.30. The van der Waals surface area contributed by atoms with E-state index >= 15 is 0 Å². The van der Waals surface area contributed by atoms with Crippen molar-refractivity contribution in [2.45, 2.75) is 33.7 Å². The fourth-order valence-corrected chi connectivity index (χ4v) is 1.46. The topological polar surface area (TPSA) is 29.1 Å². The Balaban J connectivity index is 2.70.